The van der Waals surface area contributed by atoms with Gasteiger partial charge in [-0.1, -0.05) is 54.0 Å². The normalized spacial score (nSPS) is 13.6. The lowest BCUT2D eigenvalue weighted by Crippen LogP contribution is -2.51. The molecule has 0 aliphatic rings. The first-order valence-corrected chi connectivity index (χ1v) is 12.9. The molecule has 0 saturated carbocycles. The molecule has 1 aromatic carbocycles. The van der Waals surface area contributed by atoms with E-state index in [1.165, 1.54) is 19.2 Å². The fraction of sp³-hybridized carbons (Fsp3) is 0.643. The Morgan fingerprint density at radius 3 is 2.00 bits per heavy atom. The molecule has 1 aromatic rings. The van der Waals surface area contributed by atoms with Gasteiger partial charge in [-0.15, -0.1) is 0 Å². The number of methoxy groups -OCH3 is 1. The van der Waals surface area contributed by atoms with Gasteiger partial charge in [0.05, 0.1) is 19.6 Å². The van der Waals surface area contributed by atoms with Gasteiger partial charge in [0.2, 0.25) is 0 Å². The van der Waals surface area contributed by atoms with Crippen LogP contribution < -0.4 is 15.2 Å². The minimum absolute atomic E-state index is 0.0106. The molecule has 0 saturated heterocycles. The van der Waals surface area contributed by atoms with Crippen LogP contribution in [0.25, 0.3) is 0 Å². The Labute approximate surface area is 220 Å². The summed E-state index contributed by atoms with van der Waals surface area (Å²) in [6, 6.07) is 4.67. The fourth-order valence-electron chi connectivity index (χ4n) is 3.68. The zero-order chi connectivity index (χ0) is 28.2. The van der Waals surface area contributed by atoms with Crippen LogP contribution in [-0.4, -0.2) is 43.1 Å². The van der Waals surface area contributed by atoms with Crippen molar-refractivity contribution in [2.24, 2.45) is 23.5 Å². The molecule has 1 unspecified atom stereocenters. The lowest BCUT2D eigenvalue weighted by atomic mass is 9.88. The van der Waals surface area contributed by atoms with Gasteiger partial charge in [-0.05, 0) is 36.0 Å². The minimum atomic E-state index is -1.50. The Balaban J connectivity index is 3.15. The molecule has 9 heteroatoms. The predicted octanol–water partition coefficient (Wildman–Crippen LogP) is 4.37. The fourth-order valence-corrected chi connectivity index (χ4v) is 3.68. The molecule has 0 radical (unpaired) electrons. The summed E-state index contributed by atoms with van der Waals surface area (Å²) in [4.78, 5) is 49.4. The maximum absolute atomic E-state index is 12.6. The van der Waals surface area contributed by atoms with Gasteiger partial charge in [0, 0.05) is 25.7 Å². The molecule has 0 spiro atoms. The van der Waals surface area contributed by atoms with E-state index < -0.39 is 23.4 Å². The topological polar surface area (TPSA) is 131 Å². The number of ether oxygens (including phenoxy) is 4. The van der Waals surface area contributed by atoms with Gasteiger partial charge < -0.3 is 24.7 Å². The third-order valence-corrected chi connectivity index (χ3v) is 5.63. The SMILES string of the molecule is CCC[C@H](C)C(=O)OCCC(N)(Cc1ccc(OC(=O)CC(C)C)c(OC(=O)CC(C)C)c1)C(=O)OC. The quantitative estimate of drug-likeness (QED) is 0.264. The molecule has 0 fully saturated rings. The van der Waals surface area contributed by atoms with Gasteiger partial charge in [-0.2, -0.15) is 0 Å². The van der Waals surface area contributed by atoms with Crippen molar-refractivity contribution in [3.63, 3.8) is 0 Å². The number of benzene rings is 1. The van der Waals surface area contributed by atoms with Crippen molar-refractivity contribution in [3.05, 3.63) is 23.8 Å². The van der Waals surface area contributed by atoms with Crippen molar-refractivity contribution in [2.45, 2.75) is 85.6 Å². The van der Waals surface area contributed by atoms with Gasteiger partial charge in [-0.25, -0.2) is 0 Å². The Kier molecular flexibility index (Phi) is 13.3. The van der Waals surface area contributed by atoms with E-state index in [0.29, 0.717) is 12.0 Å². The van der Waals surface area contributed by atoms with Crippen LogP contribution in [0.2, 0.25) is 0 Å². The first kappa shape index (κ1) is 32.1. The van der Waals surface area contributed by atoms with Gasteiger partial charge >= 0.3 is 23.9 Å². The van der Waals surface area contributed by atoms with E-state index in [4.69, 9.17) is 24.7 Å². The molecule has 1 rings (SSSR count). The van der Waals surface area contributed by atoms with Gasteiger partial charge in [-0.3, -0.25) is 19.2 Å². The Hall–Kier alpha value is -2.94. The smallest absolute Gasteiger partial charge is 0.326 e. The molecule has 37 heavy (non-hydrogen) atoms. The first-order chi connectivity index (χ1) is 17.3. The summed E-state index contributed by atoms with van der Waals surface area (Å²) in [5.41, 5.74) is 5.49. The second kappa shape index (κ2) is 15.3. The Bertz CT molecular complexity index is 927. The number of hydrogen-bond donors (Lipinski definition) is 1. The Morgan fingerprint density at radius 2 is 1.49 bits per heavy atom. The largest absolute Gasteiger partial charge is 0.468 e. The van der Waals surface area contributed by atoms with Crippen LogP contribution in [0, 0.1) is 17.8 Å². The summed E-state index contributed by atoms with van der Waals surface area (Å²) in [7, 11) is 1.23. The number of nitrogens with two attached hydrogens (primary N) is 1. The number of rotatable bonds is 15. The van der Waals surface area contributed by atoms with Gasteiger partial charge in [0.1, 0.15) is 5.54 Å². The highest BCUT2D eigenvalue weighted by atomic mass is 16.6. The number of carbonyl (C=O) groups excluding carboxylic acids is 4. The van der Waals surface area contributed by atoms with E-state index in [-0.39, 0.29) is 67.5 Å². The number of hydrogen-bond acceptors (Lipinski definition) is 9. The predicted molar refractivity (Wildman–Crippen MR) is 139 cm³/mol. The molecule has 2 atom stereocenters. The molecule has 0 aliphatic heterocycles. The summed E-state index contributed by atoms with van der Waals surface area (Å²) in [5, 5.41) is 0. The number of esters is 4. The van der Waals surface area contributed by atoms with Crippen molar-refractivity contribution in [1.29, 1.82) is 0 Å². The number of carbonyl (C=O) groups is 4. The van der Waals surface area contributed by atoms with Crippen LogP contribution in [0.3, 0.4) is 0 Å². The van der Waals surface area contributed by atoms with E-state index in [9.17, 15) is 19.2 Å². The van der Waals surface area contributed by atoms with Gasteiger partial charge in [0.15, 0.2) is 11.5 Å². The average Bonchev–Trinajstić information content (AvgIpc) is 2.79. The molecule has 9 nitrogen and oxygen atoms in total. The molecule has 0 amide bonds. The highest BCUT2D eigenvalue weighted by molar-refractivity contribution is 5.81. The lowest BCUT2D eigenvalue weighted by Gasteiger charge is -2.27. The zero-order valence-electron chi connectivity index (χ0n) is 23.3. The van der Waals surface area contributed by atoms with Crippen LogP contribution in [0.4, 0.5) is 0 Å². The third-order valence-electron chi connectivity index (χ3n) is 5.63. The van der Waals surface area contributed by atoms with Crippen molar-refractivity contribution in [3.8, 4) is 11.5 Å². The van der Waals surface area contributed by atoms with Crippen molar-refractivity contribution >= 4 is 23.9 Å². The van der Waals surface area contributed by atoms with E-state index in [2.05, 4.69) is 0 Å². The maximum Gasteiger partial charge on any atom is 0.326 e. The Morgan fingerprint density at radius 1 is 0.919 bits per heavy atom. The highest BCUT2D eigenvalue weighted by Gasteiger charge is 2.36. The molecule has 208 valence electrons. The first-order valence-electron chi connectivity index (χ1n) is 12.9. The molecule has 0 heterocycles. The molecule has 0 bridgehead atoms. The molecular formula is C28H43NO8. The van der Waals surface area contributed by atoms with Crippen LogP contribution in [0.1, 0.15) is 79.2 Å². The summed E-state index contributed by atoms with van der Waals surface area (Å²) < 4.78 is 21.2. The van der Waals surface area contributed by atoms with Crippen molar-refractivity contribution in [1.82, 2.24) is 0 Å². The zero-order valence-corrected chi connectivity index (χ0v) is 23.3. The monoisotopic (exact) mass is 521 g/mol. The van der Waals surface area contributed by atoms with Crippen LogP contribution in [-0.2, 0) is 35.1 Å². The van der Waals surface area contributed by atoms with E-state index >= 15 is 0 Å². The van der Waals surface area contributed by atoms with Crippen LogP contribution >= 0.6 is 0 Å². The average molecular weight is 522 g/mol. The summed E-state index contributed by atoms with van der Waals surface area (Å²) in [6.45, 7) is 11.3. The van der Waals surface area contributed by atoms with E-state index in [1.54, 1.807) is 13.0 Å². The second-order valence-electron chi connectivity index (χ2n) is 10.4. The third kappa shape index (κ3) is 11.3. The van der Waals surface area contributed by atoms with Gasteiger partial charge in [0.25, 0.3) is 0 Å². The van der Waals surface area contributed by atoms with Crippen molar-refractivity contribution < 1.29 is 38.1 Å². The maximum atomic E-state index is 12.6. The van der Waals surface area contributed by atoms with Crippen LogP contribution in [0.5, 0.6) is 11.5 Å². The van der Waals surface area contributed by atoms with Crippen molar-refractivity contribution in [2.75, 3.05) is 13.7 Å². The van der Waals surface area contributed by atoms with E-state index in [0.717, 1.165) is 6.42 Å². The molecule has 2 N–H and O–H groups in total. The second-order valence-corrected chi connectivity index (χ2v) is 10.4. The summed E-state index contributed by atoms with van der Waals surface area (Å²) in [6.07, 6.45) is 1.97. The molecular weight excluding hydrogens is 478 g/mol. The molecule has 0 aliphatic carbocycles. The standard InChI is InChI=1S/C28H43NO8/c1-8-9-20(6)26(32)35-13-12-28(29,27(33)34-7)17-21-10-11-22(36-24(30)14-18(2)3)23(16-21)37-25(31)15-19(4)5/h10-11,16,18-20H,8-9,12-15,17,29H2,1-7H3/t20-,28?/m0/s1. The summed E-state index contributed by atoms with van der Waals surface area (Å²) >= 11 is 0. The molecule has 0 aromatic heterocycles. The highest BCUT2D eigenvalue weighted by Crippen LogP contribution is 2.31. The van der Waals surface area contributed by atoms with E-state index in [1.807, 2.05) is 34.6 Å². The summed E-state index contributed by atoms with van der Waals surface area (Å²) in [5.74, 6) is -1.86. The minimum Gasteiger partial charge on any atom is -0.468 e. The lowest BCUT2D eigenvalue weighted by molar-refractivity contribution is -0.153. The van der Waals surface area contributed by atoms with Crippen LogP contribution in [0.15, 0.2) is 18.2 Å².